The Labute approximate surface area is 132 Å². The van der Waals surface area contributed by atoms with Crippen LogP contribution in [0.25, 0.3) is 0 Å². The summed E-state index contributed by atoms with van der Waals surface area (Å²) < 4.78 is 38.1. The maximum atomic E-state index is 12.3. The maximum Gasteiger partial charge on any atom is 0.240 e. The van der Waals surface area contributed by atoms with Crippen LogP contribution in [0.5, 0.6) is 5.75 Å². The van der Waals surface area contributed by atoms with Crippen molar-refractivity contribution in [3.8, 4) is 5.75 Å². The zero-order chi connectivity index (χ0) is 16.2. The van der Waals surface area contributed by atoms with Crippen molar-refractivity contribution >= 4 is 15.7 Å². The van der Waals surface area contributed by atoms with Crippen molar-refractivity contribution in [2.24, 2.45) is 0 Å². The van der Waals surface area contributed by atoms with Crippen LogP contribution in [-0.4, -0.2) is 40.3 Å². The van der Waals surface area contributed by atoms with Crippen LogP contribution in [0.2, 0.25) is 0 Å². The van der Waals surface area contributed by atoms with E-state index in [0.29, 0.717) is 44.2 Å². The Kier molecular flexibility index (Phi) is 5.31. The summed E-state index contributed by atoms with van der Waals surface area (Å²) in [5, 5.41) is 3.21. The van der Waals surface area contributed by atoms with Gasteiger partial charge in [0.1, 0.15) is 11.4 Å². The van der Waals surface area contributed by atoms with Gasteiger partial charge in [-0.2, -0.15) is 0 Å². The van der Waals surface area contributed by atoms with Crippen molar-refractivity contribution < 1.29 is 17.9 Å². The minimum Gasteiger partial charge on any atom is -0.484 e. The van der Waals surface area contributed by atoms with Crippen LogP contribution in [0.3, 0.4) is 0 Å². The Hall–Kier alpha value is -1.31. The van der Waals surface area contributed by atoms with Crippen LogP contribution in [0, 0.1) is 0 Å². The summed E-state index contributed by atoms with van der Waals surface area (Å²) >= 11 is 0. The molecule has 6 nitrogen and oxygen atoms in total. The highest BCUT2D eigenvalue weighted by Gasteiger charge is 2.27. The van der Waals surface area contributed by atoms with Gasteiger partial charge in [0.05, 0.1) is 17.1 Å². The summed E-state index contributed by atoms with van der Waals surface area (Å²) in [7, 11) is -3.51. The van der Waals surface area contributed by atoms with Gasteiger partial charge >= 0.3 is 0 Å². The van der Waals surface area contributed by atoms with Crippen LogP contribution in [0.15, 0.2) is 23.1 Å². The number of nitrogens with one attached hydrogen (secondary N) is 2. The van der Waals surface area contributed by atoms with E-state index in [1.54, 1.807) is 18.2 Å². The average Bonchev–Trinajstić information content (AvgIpc) is 2.45. The number of sulfonamides is 1. The molecule has 0 spiro atoms. The highest BCUT2D eigenvalue weighted by molar-refractivity contribution is 7.89. The van der Waals surface area contributed by atoms with E-state index in [-0.39, 0.29) is 10.5 Å². The Bertz CT molecular complexity index is 614. The molecule has 1 heterocycles. The zero-order valence-electron chi connectivity index (χ0n) is 13.3. The molecule has 0 saturated heterocycles. The lowest BCUT2D eigenvalue weighted by Gasteiger charge is -2.33. The topological polar surface area (TPSA) is 76.7 Å². The van der Waals surface area contributed by atoms with Crippen LogP contribution in [0.4, 0.5) is 5.69 Å². The molecule has 0 bridgehead atoms. The lowest BCUT2D eigenvalue weighted by atomic mass is 10.1. The third-order valence-electron chi connectivity index (χ3n) is 3.31. The van der Waals surface area contributed by atoms with Gasteiger partial charge in [0.2, 0.25) is 10.0 Å². The predicted octanol–water partition coefficient (Wildman–Crippen LogP) is 1.97. The molecule has 2 rings (SSSR count). The molecule has 0 aromatic heterocycles. The molecule has 0 aliphatic carbocycles. The van der Waals surface area contributed by atoms with Gasteiger partial charge in [0.25, 0.3) is 0 Å². The normalized spacial score (nSPS) is 16.5. The first-order valence-corrected chi connectivity index (χ1v) is 8.97. The van der Waals surface area contributed by atoms with Gasteiger partial charge in [-0.25, -0.2) is 13.1 Å². The van der Waals surface area contributed by atoms with Gasteiger partial charge in [-0.15, -0.1) is 0 Å². The van der Waals surface area contributed by atoms with E-state index in [1.807, 2.05) is 20.8 Å². The van der Waals surface area contributed by atoms with E-state index in [2.05, 4.69) is 10.0 Å². The van der Waals surface area contributed by atoms with Gasteiger partial charge in [-0.05, 0) is 45.4 Å². The van der Waals surface area contributed by atoms with E-state index in [9.17, 15) is 8.42 Å². The van der Waals surface area contributed by atoms with E-state index in [1.165, 1.54) is 0 Å². The Morgan fingerprint density at radius 2 is 2.18 bits per heavy atom. The molecule has 0 amide bonds. The van der Waals surface area contributed by atoms with Crippen molar-refractivity contribution in [2.45, 2.75) is 37.7 Å². The first-order chi connectivity index (χ1) is 10.3. The maximum absolute atomic E-state index is 12.3. The molecular formula is C15H24N2O4S. The van der Waals surface area contributed by atoms with E-state index < -0.39 is 10.0 Å². The minimum atomic E-state index is -3.51. The van der Waals surface area contributed by atoms with Crippen LogP contribution < -0.4 is 14.8 Å². The Morgan fingerprint density at radius 1 is 1.41 bits per heavy atom. The molecule has 0 radical (unpaired) electrons. The SMILES string of the molecule is CCOCCCNS(=O)(=O)c1ccc2c(c1)NCC(C)(C)O2. The number of ether oxygens (including phenoxy) is 2. The fourth-order valence-corrected chi connectivity index (χ4v) is 3.25. The van der Waals surface area contributed by atoms with Crippen molar-refractivity contribution in [1.29, 1.82) is 0 Å². The molecule has 22 heavy (non-hydrogen) atoms. The molecule has 124 valence electrons. The summed E-state index contributed by atoms with van der Waals surface area (Å²) in [6.07, 6.45) is 0.646. The lowest BCUT2D eigenvalue weighted by Crippen LogP contribution is -2.40. The fraction of sp³-hybridized carbons (Fsp3) is 0.600. The Balaban J connectivity index is 2.03. The monoisotopic (exact) mass is 328 g/mol. The van der Waals surface area contributed by atoms with E-state index >= 15 is 0 Å². The summed E-state index contributed by atoms with van der Waals surface area (Å²) in [5.74, 6) is 0.673. The van der Waals surface area contributed by atoms with E-state index in [4.69, 9.17) is 9.47 Å². The van der Waals surface area contributed by atoms with Crippen LogP contribution in [-0.2, 0) is 14.8 Å². The molecule has 0 atom stereocenters. The Morgan fingerprint density at radius 3 is 2.91 bits per heavy atom. The average molecular weight is 328 g/mol. The van der Waals surface area contributed by atoms with Crippen molar-refractivity contribution in [2.75, 3.05) is 31.6 Å². The van der Waals surface area contributed by atoms with Gasteiger partial charge in [0, 0.05) is 19.8 Å². The second-order valence-corrected chi connectivity index (χ2v) is 7.59. The fourth-order valence-electron chi connectivity index (χ4n) is 2.15. The molecule has 1 aromatic carbocycles. The van der Waals surface area contributed by atoms with Gasteiger partial charge in [-0.3, -0.25) is 0 Å². The number of hydrogen-bond acceptors (Lipinski definition) is 5. The summed E-state index contributed by atoms with van der Waals surface area (Å²) in [5.41, 5.74) is 0.404. The lowest BCUT2D eigenvalue weighted by molar-refractivity contribution is 0.116. The third-order valence-corrected chi connectivity index (χ3v) is 4.77. The molecule has 7 heteroatoms. The van der Waals surface area contributed by atoms with E-state index in [0.717, 1.165) is 0 Å². The number of rotatable bonds is 7. The molecular weight excluding hydrogens is 304 g/mol. The minimum absolute atomic E-state index is 0.235. The molecule has 0 saturated carbocycles. The predicted molar refractivity (Wildman–Crippen MR) is 85.9 cm³/mol. The number of fused-ring (bicyclic) bond motifs is 1. The van der Waals surface area contributed by atoms with Crippen molar-refractivity contribution in [3.63, 3.8) is 0 Å². The third kappa shape index (κ3) is 4.34. The summed E-state index contributed by atoms with van der Waals surface area (Å²) in [4.78, 5) is 0.235. The first kappa shape index (κ1) is 17.1. The quantitative estimate of drug-likeness (QED) is 0.749. The summed E-state index contributed by atoms with van der Waals surface area (Å²) in [6, 6.07) is 4.86. The van der Waals surface area contributed by atoms with Crippen molar-refractivity contribution in [3.05, 3.63) is 18.2 Å². The molecule has 2 N–H and O–H groups in total. The smallest absolute Gasteiger partial charge is 0.240 e. The molecule has 0 fully saturated rings. The summed E-state index contributed by atoms with van der Waals surface area (Å²) in [6.45, 7) is 8.05. The second kappa shape index (κ2) is 6.85. The van der Waals surface area contributed by atoms with Crippen molar-refractivity contribution in [1.82, 2.24) is 4.72 Å². The molecule has 1 aliphatic heterocycles. The highest BCUT2D eigenvalue weighted by atomic mass is 32.2. The largest absolute Gasteiger partial charge is 0.484 e. The van der Waals surface area contributed by atoms with Crippen LogP contribution in [0.1, 0.15) is 27.2 Å². The van der Waals surface area contributed by atoms with Gasteiger partial charge in [0.15, 0.2) is 0 Å². The zero-order valence-corrected chi connectivity index (χ0v) is 14.1. The molecule has 1 aliphatic rings. The van der Waals surface area contributed by atoms with Gasteiger partial charge < -0.3 is 14.8 Å². The first-order valence-electron chi connectivity index (χ1n) is 7.48. The number of benzene rings is 1. The molecule has 1 aromatic rings. The van der Waals surface area contributed by atoms with Crippen LogP contribution >= 0.6 is 0 Å². The molecule has 0 unspecified atom stereocenters. The highest BCUT2D eigenvalue weighted by Crippen LogP contribution is 2.34. The number of anilines is 1. The van der Waals surface area contributed by atoms with Gasteiger partial charge in [-0.1, -0.05) is 0 Å². The standard InChI is InChI=1S/C15H24N2O4S/c1-4-20-9-5-8-17-22(18,19)12-6-7-14-13(10-12)16-11-15(2,3)21-14/h6-7,10,16-17H,4-5,8-9,11H2,1-3H3. The second-order valence-electron chi connectivity index (χ2n) is 5.82. The number of hydrogen-bond donors (Lipinski definition) is 2.